The van der Waals surface area contributed by atoms with E-state index in [0.29, 0.717) is 0 Å². The fourth-order valence-corrected chi connectivity index (χ4v) is 11.2. The minimum atomic E-state index is -0.824. The molecule has 250 valence electrons. The zero-order chi connectivity index (χ0) is 34.8. The smallest absolute Gasteiger partial charge is 0.171 e. The van der Waals surface area contributed by atoms with Crippen molar-refractivity contribution in [2.45, 2.75) is 19.3 Å². The number of halogens is 1. The van der Waals surface area contributed by atoms with Crippen LogP contribution in [0.15, 0.2) is 188 Å². The van der Waals surface area contributed by atoms with E-state index >= 15 is 0 Å². The molecule has 0 saturated heterocycles. The summed E-state index contributed by atoms with van der Waals surface area (Å²) < 4.78 is 7.26. The molecule has 8 rings (SSSR count). The third kappa shape index (κ3) is 8.05. The third-order valence-corrected chi connectivity index (χ3v) is 13.6. The first-order valence-corrected chi connectivity index (χ1v) is 23.7. The van der Waals surface area contributed by atoms with Gasteiger partial charge in [0, 0.05) is 27.2 Å². The molecule has 0 spiro atoms. The fraction of sp³-hybridized carbons (Fsp3) is 0.0667. The molecule has 7 aromatic carbocycles. The summed E-state index contributed by atoms with van der Waals surface area (Å²) in [5.74, 6) is 2.02. The Bertz CT molecular complexity index is 1840. The minimum absolute atomic E-state index is 0.225. The molecule has 0 bridgehead atoms. The van der Waals surface area contributed by atoms with Gasteiger partial charge in [0.1, 0.15) is 11.5 Å². The van der Waals surface area contributed by atoms with Gasteiger partial charge >= 0.3 is 35.1 Å². The molecule has 0 radical (unpaired) electrons. The second-order valence-electron chi connectivity index (χ2n) is 12.1. The molecular formula is C45H37IOP2Pd. The van der Waals surface area contributed by atoms with Crippen LogP contribution in [0, 0.1) is 6.07 Å². The maximum Gasteiger partial charge on any atom is -0.171 e. The minimum Gasteiger partial charge on any atom is -0.184 e. The van der Waals surface area contributed by atoms with Crippen LogP contribution >= 0.6 is 35.4 Å². The fourth-order valence-electron chi connectivity index (χ4n) is 6.35. The molecule has 0 amide bonds. The van der Waals surface area contributed by atoms with Crippen molar-refractivity contribution < 1.29 is 20.3 Å². The van der Waals surface area contributed by atoms with E-state index in [1.807, 2.05) is 49.8 Å². The number of rotatable bonds is 6. The standard InChI is InChI=1S/C39H32OP2.C6H5.HI.Pd/c1-39(2)33-25-15-27-35(41(29-17-7-3-8-18-29)30-19-9-4-10-20-30)37(33)40-38-34(39)26-16-28-36(38)42(31-21-11-5-12-22-31)32-23-13-6-14-24-32;1-2-4-6-5-3-1;;/h3-28H,1-2H3;1-5H;1H;/q;-1;;+2/p-1. The summed E-state index contributed by atoms with van der Waals surface area (Å²) in [6.07, 6.45) is 0. The third-order valence-electron chi connectivity index (χ3n) is 8.69. The van der Waals surface area contributed by atoms with Gasteiger partial charge in [0.2, 0.25) is 0 Å². The zero-order valence-electron chi connectivity index (χ0n) is 27.9. The van der Waals surface area contributed by atoms with Gasteiger partial charge in [-0.15, -0.1) is 0 Å². The first kappa shape index (κ1) is 36.4. The number of hydrogen-bond acceptors (Lipinski definition) is 1. The topological polar surface area (TPSA) is 9.23 Å². The quantitative estimate of drug-likeness (QED) is 0.0700. The van der Waals surface area contributed by atoms with Crippen LogP contribution in [0.1, 0.15) is 25.0 Å². The summed E-state index contributed by atoms with van der Waals surface area (Å²) in [6.45, 7) is 4.70. The molecule has 0 aromatic heterocycles. The van der Waals surface area contributed by atoms with E-state index in [1.54, 1.807) is 0 Å². The van der Waals surface area contributed by atoms with Crippen molar-refractivity contribution in [2.24, 2.45) is 0 Å². The molecule has 0 N–H and O–H groups in total. The maximum absolute atomic E-state index is 7.26. The molecule has 0 fully saturated rings. The largest absolute Gasteiger partial charge is 0.184 e. The van der Waals surface area contributed by atoms with E-state index in [-0.39, 0.29) is 5.41 Å². The number of para-hydroxylation sites is 2. The average Bonchev–Trinajstić information content (AvgIpc) is 3.19. The van der Waals surface area contributed by atoms with E-state index in [1.165, 1.54) is 43.0 Å². The Labute approximate surface area is 321 Å². The van der Waals surface area contributed by atoms with Gasteiger partial charge in [0.15, 0.2) is 0 Å². The number of fused-ring (bicyclic) bond motifs is 2. The van der Waals surface area contributed by atoms with Gasteiger partial charge in [0.25, 0.3) is 0 Å². The van der Waals surface area contributed by atoms with Crippen LogP contribution in [-0.4, -0.2) is 0 Å². The second kappa shape index (κ2) is 17.7. The van der Waals surface area contributed by atoms with Gasteiger partial charge in [-0.1, -0.05) is 172 Å². The Morgan fingerprint density at radius 1 is 0.440 bits per heavy atom. The van der Waals surface area contributed by atoms with Crippen LogP contribution in [0.3, 0.4) is 0 Å². The molecule has 0 aliphatic carbocycles. The van der Waals surface area contributed by atoms with E-state index in [4.69, 9.17) is 4.74 Å². The first-order valence-electron chi connectivity index (χ1n) is 16.4. The van der Waals surface area contributed by atoms with Crippen LogP contribution in [0.5, 0.6) is 11.5 Å². The summed E-state index contributed by atoms with van der Waals surface area (Å²) in [7, 11) is -1.65. The van der Waals surface area contributed by atoms with Gasteiger partial charge < -0.3 is 4.74 Å². The molecule has 0 atom stereocenters. The van der Waals surface area contributed by atoms with E-state index in [9.17, 15) is 0 Å². The maximum atomic E-state index is 7.26. The second-order valence-corrected chi connectivity index (χ2v) is 16.5. The van der Waals surface area contributed by atoms with Crippen molar-refractivity contribution in [1.82, 2.24) is 0 Å². The molecule has 1 aliphatic heterocycles. The molecule has 5 heteroatoms. The molecule has 0 saturated carbocycles. The number of benzene rings is 7. The Kier molecular flexibility index (Phi) is 12.9. The molecule has 1 aliphatic rings. The van der Waals surface area contributed by atoms with Crippen LogP contribution < -0.4 is 36.6 Å². The Balaban J connectivity index is 0.000000484. The van der Waals surface area contributed by atoms with E-state index < -0.39 is 15.8 Å². The van der Waals surface area contributed by atoms with Gasteiger partial charge in [-0.25, -0.2) is 0 Å². The summed E-state index contributed by atoms with van der Waals surface area (Å²) in [5, 5.41) is 7.81. The average molecular weight is 889 g/mol. The summed E-state index contributed by atoms with van der Waals surface area (Å²) >= 11 is 4.72. The summed E-state index contributed by atoms with van der Waals surface area (Å²) in [5.41, 5.74) is 2.26. The van der Waals surface area contributed by atoms with Gasteiger partial charge in [-0.3, -0.25) is 0 Å². The van der Waals surface area contributed by atoms with Crippen molar-refractivity contribution in [3.63, 3.8) is 0 Å². The zero-order valence-corrected chi connectivity index (χ0v) is 33.4. The van der Waals surface area contributed by atoms with Crippen LogP contribution in [0.4, 0.5) is 0 Å². The van der Waals surface area contributed by atoms with Crippen molar-refractivity contribution >= 4 is 67.2 Å². The summed E-state index contributed by atoms with van der Waals surface area (Å²) in [4.78, 5) is 0. The Hall–Kier alpha value is -3.41. The van der Waals surface area contributed by atoms with Crippen molar-refractivity contribution in [3.8, 4) is 11.5 Å². The molecule has 1 heterocycles. The molecule has 7 aromatic rings. The predicted octanol–water partition coefficient (Wildman–Crippen LogP) is 10.0. The number of ether oxygens (including phenoxy) is 1. The van der Waals surface area contributed by atoms with E-state index in [2.05, 4.69) is 193 Å². The van der Waals surface area contributed by atoms with Gasteiger partial charge in [-0.2, -0.15) is 36.4 Å². The normalized spacial score (nSPS) is 12.3. The SMILES string of the molecule is CC1(C)c2cccc(P(c3ccccc3)c3ccccc3)c2Oc2c(P(c3ccccc3)c3ccccc3)cccc21.[Pd+][I].[c-]1ccccc1. The van der Waals surface area contributed by atoms with Crippen LogP contribution in [0.25, 0.3) is 0 Å². The van der Waals surface area contributed by atoms with Gasteiger partial charge in [0.05, 0.1) is 0 Å². The molecule has 0 unspecified atom stereocenters. The molecule has 1 nitrogen and oxygen atoms in total. The van der Waals surface area contributed by atoms with Gasteiger partial charge in [-0.05, 0) is 37.1 Å². The van der Waals surface area contributed by atoms with E-state index in [0.717, 1.165) is 11.5 Å². The van der Waals surface area contributed by atoms with Crippen LogP contribution in [-0.2, 0) is 21.0 Å². The Morgan fingerprint density at radius 3 is 1.04 bits per heavy atom. The predicted molar refractivity (Wildman–Crippen MR) is 222 cm³/mol. The molecular weight excluding hydrogens is 852 g/mol. The summed E-state index contributed by atoms with van der Waals surface area (Å²) in [6, 6.07) is 69.7. The molecule has 50 heavy (non-hydrogen) atoms. The van der Waals surface area contributed by atoms with Crippen molar-refractivity contribution in [3.05, 3.63) is 205 Å². The number of hydrogen-bond donors (Lipinski definition) is 0. The van der Waals surface area contributed by atoms with Crippen LogP contribution in [0.2, 0.25) is 0 Å². The first-order chi connectivity index (χ1) is 24.6. The monoisotopic (exact) mass is 888 g/mol. The van der Waals surface area contributed by atoms with Crippen molar-refractivity contribution in [2.75, 3.05) is 0 Å². The Morgan fingerprint density at radius 2 is 0.760 bits per heavy atom. The van der Waals surface area contributed by atoms with Crippen molar-refractivity contribution in [1.29, 1.82) is 0 Å².